The SMILES string of the molecule is CCCOCc1cccc([N+](=O)[O-])c1Br. The van der Waals surface area contributed by atoms with Crippen molar-refractivity contribution in [2.75, 3.05) is 6.61 Å². The van der Waals surface area contributed by atoms with Crippen LogP contribution in [0.2, 0.25) is 0 Å². The second-order valence-corrected chi connectivity index (χ2v) is 3.85. The molecule has 0 heterocycles. The molecule has 15 heavy (non-hydrogen) atoms. The first-order chi connectivity index (χ1) is 7.16. The molecule has 0 aliphatic heterocycles. The van der Waals surface area contributed by atoms with Crippen molar-refractivity contribution < 1.29 is 9.66 Å². The molecule has 0 N–H and O–H groups in total. The van der Waals surface area contributed by atoms with Crippen LogP contribution in [0.25, 0.3) is 0 Å². The summed E-state index contributed by atoms with van der Waals surface area (Å²) < 4.78 is 5.84. The van der Waals surface area contributed by atoms with Gasteiger partial charge in [0.1, 0.15) is 4.47 Å². The lowest BCUT2D eigenvalue weighted by molar-refractivity contribution is -0.385. The van der Waals surface area contributed by atoms with Crippen LogP contribution in [0.15, 0.2) is 22.7 Å². The predicted molar refractivity (Wildman–Crippen MR) is 60.7 cm³/mol. The Morgan fingerprint density at radius 2 is 2.27 bits per heavy atom. The number of hydrogen-bond acceptors (Lipinski definition) is 3. The minimum Gasteiger partial charge on any atom is -0.377 e. The van der Waals surface area contributed by atoms with Crippen molar-refractivity contribution in [3.05, 3.63) is 38.3 Å². The Morgan fingerprint density at radius 3 is 2.87 bits per heavy atom. The maximum Gasteiger partial charge on any atom is 0.283 e. The highest BCUT2D eigenvalue weighted by Crippen LogP contribution is 2.28. The quantitative estimate of drug-likeness (QED) is 0.470. The fourth-order valence-electron chi connectivity index (χ4n) is 1.15. The van der Waals surface area contributed by atoms with Crippen LogP contribution in [-0.4, -0.2) is 11.5 Å². The summed E-state index contributed by atoms with van der Waals surface area (Å²) in [6.07, 6.45) is 0.937. The summed E-state index contributed by atoms with van der Waals surface area (Å²) in [4.78, 5) is 10.2. The molecule has 0 aromatic heterocycles. The van der Waals surface area contributed by atoms with Crippen molar-refractivity contribution in [1.82, 2.24) is 0 Å². The van der Waals surface area contributed by atoms with Gasteiger partial charge in [-0.05, 0) is 27.9 Å². The van der Waals surface area contributed by atoms with Crippen LogP contribution < -0.4 is 0 Å². The van der Waals surface area contributed by atoms with Crippen LogP contribution in [0.5, 0.6) is 0 Å². The molecule has 0 atom stereocenters. The molecule has 0 fully saturated rings. The van der Waals surface area contributed by atoms with Crippen LogP contribution >= 0.6 is 15.9 Å². The molecule has 0 aliphatic carbocycles. The third-order valence-electron chi connectivity index (χ3n) is 1.86. The second-order valence-electron chi connectivity index (χ2n) is 3.06. The van der Waals surface area contributed by atoms with Crippen molar-refractivity contribution >= 4 is 21.6 Å². The van der Waals surface area contributed by atoms with Gasteiger partial charge in [0.15, 0.2) is 0 Å². The minimum absolute atomic E-state index is 0.0765. The molecule has 0 radical (unpaired) electrons. The Bertz CT molecular complexity index is 355. The first kappa shape index (κ1) is 12.1. The highest BCUT2D eigenvalue weighted by atomic mass is 79.9. The molecule has 5 heteroatoms. The smallest absolute Gasteiger partial charge is 0.283 e. The lowest BCUT2D eigenvalue weighted by Gasteiger charge is -2.05. The zero-order chi connectivity index (χ0) is 11.3. The summed E-state index contributed by atoms with van der Waals surface area (Å²) in [6.45, 7) is 3.08. The largest absolute Gasteiger partial charge is 0.377 e. The molecule has 4 nitrogen and oxygen atoms in total. The van der Waals surface area contributed by atoms with Crippen molar-refractivity contribution in [2.24, 2.45) is 0 Å². The first-order valence-electron chi connectivity index (χ1n) is 4.66. The number of benzene rings is 1. The van der Waals surface area contributed by atoms with Gasteiger partial charge < -0.3 is 4.74 Å². The number of nitro benzene ring substituents is 1. The Kier molecular flexibility index (Phi) is 4.71. The van der Waals surface area contributed by atoms with E-state index < -0.39 is 4.92 Å². The van der Waals surface area contributed by atoms with Crippen LogP contribution in [0.4, 0.5) is 5.69 Å². The summed E-state index contributed by atoms with van der Waals surface area (Å²) in [5, 5.41) is 10.6. The number of ether oxygens (including phenoxy) is 1. The molecule has 1 aromatic rings. The normalized spacial score (nSPS) is 10.3. The van der Waals surface area contributed by atoms with Gasteiger partial charge >= 0.3 is 0 Å². The van der Waals surface area contributed by atoms with Gasteiger partial charge in [0, 0.05) is 12.7 Å². The topological polar surface area (TPSA) is 52.4 Å². The Labute approximate surface area is 96.5 Å². The van der Waals surface area contributed by atoms with Gasteiger partial charge in [-0.1, -0.05) is 19.1 Å². The van der Waals surface area contributed by atoms with Gasteiger partial charge in [0.05, 0.1) is 11.5 Å². The molecule has 1 rings (SSSR count). The monoisotopic (exact) mass is 273 g/mol. The fraction of sp³-hybridized carbons (Fsp3) is 0.400. The fourth-order valence-corrected chi connectivity index (χ4v) is 1.67. The third kappa shape index (κ3) is 3.28. The van der Waals surface area contributed by atoms with E-state index in [2.05, 4.69) is 15.9 Å². The van der Waals surface area contributed by atoms with Crippen LogP contribution in [0.3, 0.4) is 0 Å². The molecule has 1 aromatic carbocycles. The molecule has 0 amide bonds. The van der Waals surface area contributed by atoms with Gasteiger partial charge in [-0.25, -0.2) is 0 Å². The van der Waals surface area contributed by atoms with E-state index in [-0.39, 0.29) is 5.69 Å². The maximum absolute atomic E-state index is 10.6. The average molecular weight is 274 g/mol. The van der Waals surface area contributed by atoms with Crippen molar-refractivity contribution in [1.29, 1.82) is 0 Å². The van der Waals surface area contributed by atoms with E-state index in [0.717, 1.165) is 12.0 Å². The van der Waals surface area contributed by atoms with E-state index in [1.54, 1.807) is 6.07 Å². The molecule has 0 spiro atoms. The number of rotatable bonds is 5. The first-order valence-corrected chi connectivity index (χ1v) is 5.45. The predicted octanol–water partition coefficient (Wildman–Crippen LogP) is 3.28. The number of nitro groups is 1. The third-order valence-corrected chi connectivity index (χ3v) is 2.78. The average Bonchev–Trinajstić information content (AvgIpc) is 2.20. The highest BCUT2D eigenvalue weighted by Gasteiger charge is 2.14. The van der Waals surface area contributed by atoms with E-state index in [1.165, 1.54) is 6.07 Å². The lowest BCUT2D eigenvalue weighted by atomic mass is 10.2. The van der Waals surface area contributed by atoms with Gasteiger partial charge in [0.25, 0.3) is 5.69 Å². The molecule has 0 bridgehead atoms. The van der Waals surface area contributed by atoms with E-state index >= 15 is 0 Å². The van der Waals surface area contributed by atoms with Gasteiger partial charge in [-0.2, -0.15) is 0 Å². The van der Waals surface area contributed by atoms with Crippen molar-refractivity contribution in [3.8, 4) is 0 Å². The van der Waals surface area contributed by atoms with Gasteiger partial charge in [-0.3, -0.25) is 10.1 Å². The molecule has 0 saturated heterocycles. The number of halogens is 1. The number of nitrogens with zero attached hydrogens (tertiary/aromatic N) is 1. The van der Waals surface area contributed by atoms with Crippen LogP contribution in [-0.2, 0) is 11.3 Å². The minimum atomic E-state index is -0.409. The van der Waals surface area contributed by atoms with Crippen LogP contribution in [0.1, 0.15) is 18.9 Å². The molecular weight excluding hydrogens is 262 g/mol. The number of hydrogen-bond donors (Lipinski definition) is 0. The lowest BCUT2D eigenvalue weighted by Crippen LogP contribution is -1.97. The summed E-state index contributed by atoms with van der Waals surface area (Å²) in [6, 6.07) is 4.94. The maximum atomic E-state index is 10.6. The standard InChI is InChI=1S/C10H12BrNO3/c1-2-6-15-7-8-4-3-5-9(10(8)11)12(13)14/h3-5H,2,6-7H2,1H3. The summed E-state index contributed by atoms with van der Waals surface area (Å²) in [5.74, 6) is 0. The van der Waals surface area contributed by atoms with E-state index in [4.69, 9.17) is 4.74 Å². The second kappa shape index (κ2) is 5.82. The van der Waals surface area contributed by atoms with Crippen molar-refractivity contribution in [3.63, 3.8) is 0 Å². The van der Waals surface area contributed by atoms with Crippen LogP contribution in [0, 0.1) is 10.1 Å². The summed E-state index contributed by atoms with van der Waals surface area (Å²) in [5.41, 5.74) is 0.880. The molecule has 0 saturated carbocycles. The van der Waals surface area contributed by atoms with E-state index in [0.29, 0.717) is 17.7 Å². The Morgan fingerprint density at radius 1 is 1.53 bits per heavy atom. The van der Waals surface area contributed by atoms with E-state index in [1.807, 2.05) is 13.0 Å². The summed E-state index contributed by atoms with van der Waals surface area (Å²) in [7, 11) is 0. The van der Waals surface area contributed by atoms with Gasteiger partial charge in [-0.15, -0.1) is 0 Å². The molecule has 0 unspecified atom stereocenters. The van der Waals surface area contributed by atoms with Gasteiger partial charge in [0.2, 0.25) is 0 Å². The molecular formula is C10H12BrNO3. The zero-order valence-electron chi connectivity index (χ0n) is 8.40. The molecule has 82 valence electrons. The Balaban J connectivity index is 2.80. The molecule has 0 aliphatic rings. The zero-order valence-corrected chi connectivity index (χ0v) is 9.99. The Hall–Kier alpha value is -0.940. The summed E-state index contributed by atoms with van der Waals surface area (Å²) >= 11 is 3.21. The van der Waals surface area contributed by atoms with E-state index in [9.17, 15) is 10.1 Å². The highest BCUT2D eigenvalue weighted by molar-refractivity contribution is 9.10. The van der Waals surface area contributed by atoms with Crippen molar-refractivity contribution in [2.45, 2.75) is 20.0 Å².